The molecule has 1 aliphatic heterocycles. The molecule has 2 heterocycles. The molecule has 1 N–H and O–H groups in total. The predicted octanol–water partition coefficient (Wildman–Crippen LogP) is 7.67. The number of nitrogens with zero attached hydrogens (tertiary/aromatic N) is 3. The number of benzene rings is 4. The van der Waals surface area contributed by atoms with Crippen LogP contribution in [0.2, 0.25) is 0 Å². The molecule has 6 nitrogen and oxygen atoms in total. The van der Waals surface area contributed by atoms with Gasteiger partial charge in [0.2, 0.25) is 11.8 Å². The highest BCUT2D eigenvalue weighted by Gasteiger charge is 2.34. The van der Waals surface area contributed by atoms with Crippen LogP contribution in [0.25, 0.3) is 17.2 Å². The van der Waals surface area contributed by atoms with Gasteiger partial charge in [-0.25, -0.2) is 0 Å². The van der Waals surface area contributed by atoms with Gasteiger partial charge < -0.3 is 10.2 Å². The Labute approximate surface area is 296 Å². The molecule has 1 atom stereocenters. The maximum Gasteiger partial charge on any atom is 0.416 e. The molecule has 5 aromatic rings. The third-order valence-electron chi connectivity index (χ3n) is 9.11. The number of carbonyl (C=O) groups is 2. The van der Waals surface area contributed by atoms with Crippen LogP contribution in [0.5, 0.6) is 0 Å². The Kier molecular flexibility index (Phi) is 11.4. The van der Waals surface area contributed by atoms with Gasteiger partial charge in [0.05, 0.1) is 11.5 Å². The molecule has 0 saturated carbocycles. The first-order valence-electron chi connectivity index (χ1n) is 17.0. The number of hydrogen-bond acceptors (Lipinski definition) is 4. The second-order valence-corrected chi connectivity index (χ2v) is 12.7. The van der Waals surface area contributed by atoms with Gasteiger partial charge in [0.25, 0.3) is 0 Å². The normalized spacial score (nSPS) is 14.6. The SMILES string of the molecule is O=C(NCc1ccc(-c2cccnc2)cc1)C(=Cc1ccc(C(F)(F)F)cc1)[C@H](Cc1ccccc1)C(=O)N1CCN(Cc2ccccc2)CC1. The molecule has 1 saturated heterocycles. The fraction of sp³-hybridized carbons (Fsp3) is 0.214. The Morgan fingerprint density at radius 3 is 1.98 bits per heavy atom. The van der Waals surface area contributed by atoms with Crippen LogP contribution in [0.15, 0.2) is 139 Å². The van der Waals surface area contributed by atoms with Crippen LogP contribution in [0.3, 0.4) is 0 Å². The van der Waals surface area contributed by atoms with Gasteiger partial charge in [0.15, 0.2) is 0 Å². The Morgan fingerprint density at radius 2 is 1.37 bits per heavy atom. The van der Waals surface area contributed by atoms with Gasteiger partial charge in [-0.3, -0.25) is 19.5 Å². The zero-order valence-electron chi connectivity index (χ0n) is 28.1. The topological polar surface area (TPSA) is 65.5 Å². The number of nitrogens with one attached hydrogen (secondary N) is 1. The molecular formula is C42H39F3N4O2. The van der Waals surface area contributed by atoms with Crippen molar-refractivity contribution in [3.05, 3.63) is 167 Å². The largest absolute Gasteiger partial charge is 0.416 e. The average Bonchev–Trinajstić information content (AvgIpc) is 3.16. The second-order valence-electron chi connectivity index (χ2n) is 12.7. The van der Waals surface area contributed by atoms with Crippen LogP contribution in [-0.4, -0.2) is 52.8 Å². The predicted molar refractivity (Wildman–Crippen MR) is 193 cm³/mol. The third-order valence-corrected chi connectivity index (χ3v) is 9.11. The van der Waals surface area contributed by atoms with Gasteiger partial charge in [-0.15, -0.1) is 0 Å². The number of alkyl halides is 3. The molecule has 0 spiro atoms. The van der Waals surface area contributed by atoms with E-state index in [-0.39, 0.29) is 24.4 Å². The fourth-order valence-electron chi connectivity index (χ4n) is 6.27. The molecule has 6 rings (SSSR count). The third kappa shape index (κ3) is 9.58. The Morgan fingerprint density at radius 1 is 0.725 bits per heavy atom. The quantitative estimate of drug-likeness (QED) is 0.145. The lowest BCUT2D eigenvalue weighted by Gasteiger charge is -2.37. The summed E-state index contributed by atoms with van der Waals surface area (Å²) in [5, 5.41) is 2.99. The molecule has 9 heteroatoms. The molecule has 1 aromatic heterocycles. The Balaban J connectivity index is 1.26. The molecular weight excluding hydrogens is 649 g/mol. The highest BCUT2D eigenvalue weighted by atomic mass is 19.4. The zero-order chi connectivity index (χ0) is 35.6. The van der Waals surface area contributed by atoms with E-state index in [4.69, 9.17) is 0 Å². The summed E-state index contributed by atoms with van der Waals surface area (Å²) < 4.78 is 40.2. The number of hydrogen-bond donors (Lipinski definition) is 1. The molecule has 260 valence electrons. The molecule has 0 aliphatic carbocycles. The molecule has 0 radical (unpaired) electrons. The average molecular weight is 689 g/mol. The van der Waals surface area contributed by atoms with Crippen molar-refractivity contribution in [2.75, 3.05) is 26.2 Å². The molecule has 1 aliphatic rings. The molecule has 51 heavy (non-hydrogen) atoms. The van der Waals surface area contributed by atoms with Gasteiger partial charge >= 0.3 is 6.18 Å². The number of carbonyl (C=O) groups excluding carboxylic acids is 2. The number of aromatic nitrogens is 1. The lowest BCUT2D eigenvalue weighted by molar-refractivity contribution is -0.138. The molecule has 2 amide bonds. The molecule has 1 fully saturated rings. The summed E-state index contributed by atoms with van der Waals surface area (Å²) >= 11 is 0. The van der Waals surface area contributed by atoms with Crippen LogP contribution < -0.4 is 5.32 Å². The summed E-state index contributed by atoms with van der Waals surface area (Å²) in [7, 11) is 0. The maximum atomic E-state index is 14.5. The van der Waals surface area contributed by atoms with E-state index in [1.54, 1.807) is 23.4 Å². The Hall–Kier alpha value is -5.54. The van der Waals surface area contributed by atoms with Gasteiger partial charge in [-0.1, -0.05) is 103 Å². The molecule has 0 unspecified atom stereocenters. The number of halogens is 3. The van der Waals surface area contributed by atoms with E-state index in [9.17, 15) is 22.8 Å². The van der Waals surface area contributed by atoms with E-state index >= 15 is 0 Å². The zero-order valence-corrected chi connectivity index (χ0v) is 28.1. The number of rotatable bonds is 11. The highest BCUT2D eigenvalue weighted by Crippen LogP contribution is 2.30. The van der Waals surface area contributed by atoms with Crippen molar-refractivity contribution in [3.8, 4) is 11.1 Å². The van der Waals surface area contributed by atoms with E-state index in [1.165, 1.54) is 17.7 Å². The van der Waals surface area contributed by atoms with Gasteiger partial charge in [0.1, 0.15) is 0 Å². The number of piperazine rings is 1. The summed E-state index contributed by atoms with van der Waals surface area (Å²) in [6.07, 6.45) is 0.804. The van der Waals surface area contributed by atoms with Gasteiger partial charge in [-0.2, -0.15) is 13.2 Å². The molecule has 0 bridgehead atoms. The second kappa shape index (κ2) is 16.4. The summed E-state index contributed by atoms with van der Waals surface area (Å²) in [6, 6.07) is 35.9. The van der Waals surface area contributed by atoms with Crippen LogP contribution in [0.1, 0.15) is 27.8 Å². The van der Waals surface area contributed by atoms with E-state index in [2.05, 4.69) is 27.3 Å². The first-order chi connectivity index (χ1) is 24.7. The van der Waals surface area contributed by atoms with Crippen LogP contribution in [0, 0.1) is 5.92 Å². The van der Waals surface area contributed by atoms with Crippen LogP contribution in [-0.2, 0) is 35.3 Å². The summed E-state index contributed by atoms with van der Waals surface area (Å²) in [5.74, 6) is -1.51. The van der Waals surface area contributed by atoms with Gasteiger partial charge in [-0.05, 0) is 64.1 Å². The van der Waals surface area contributed by atoms with Crippen molar-refractivity contribution in [2.45, 2.75) is 25.7 Å². The number of amides is 2. The smallest absolute Gasteiger partial charge is 0.348 e. The minimum atomic E-state index is -4.50. The van der Waals surface area contributed by atoms with Crippen molar-refractivity contribution in [1.29, 1.82) is 0 Å². The highest BCUT2D eigenvalue weighted by molar-refractivity contribution is 6.04. The van der Waals surface area contributed by atoms with Crippen LogP contribution >= 0.6 is 0 Å². The van der Waals surface area contributed by atoms with E-state index < -0.39 is 23.6 Å². The van der Waals surface area contributed by atoms with Crippen molar-refractivity contribution < 1.29 is 22.8 Å². The van der Waals surface area contributed by atoms with Gasteiger partial charge in [0, 0.05) is 57.2 Å². The lowest BCUT2D eigenvalue weighted by Crippen LogP contribution is -2.51. The van der Waals surface area contributed by atoms with Crippen LogP contribution in [0.4, 0.5) is 13.2 Å². The summed E-state index contributed by atoms with van der Waals surface area (Å²) in [4.78, 5) is 36.9. The van der Waals surface area contributed by atoms with E-state index in [0.717, 1.165) is 40.9 Å². The fourth-order valence-corrected chi connectivity index (χ4v) is 6.27. The van der Waals surface area contributed by atoms with Crippen molar-refractivity contribution in [1.82, 2.24) is 20.1 Å². The maximum absolute atomic E-state index is 14.5. The standard InChI is InChI=1S/C42H39F3N4O2/c43-42(44,45)37-19-15-32(16-20-37)26-38(40(50)47-28-33-13-17-35(18-14-33)36-12-7-21-46-29-36)39(27-31-8-3-1-4-9-31)41(51)49-24-22-48(23-25-49)30-34-10-5-2-6-11-34/h1-21,26,29,39H,22-25,27-28,30H2,(H,47,50)/t39-/m0/s1. The Bertz CT molecular complexity index is 1910. The van der Waals surface area contributed by atoms with E-state index in [0.29, 0.717) is 31.7 Å². The minimum Gasteiger partial charge on any atom is -0.348 e. The lowest BCUT2D eigenvalue weighted by atomic mass is 9.88. The summed E-state index contributed by atoms with van der Waals surface area (Å²) in [6.45, 7) is 3.32. The van der Waals surface area contributed by atoms with Crippen molar-refractivity contribution in [2.24, 2.45) is 5.92 Å². The van der Waals surface area contributed by atoms with Crippen molar-refractivity contribution in [3.63, 3.8) is 0 Å². The number of pyridine rings is 1. The monoisotopic (exact) mass is 688 g/mol. The first-order valence-corrected chi connectivity index (χ1v) is 17.0. The van der Waals surface area contributed by atoms with E-state index in [1.807, 2.05) is 84.9 Å². The minimum absolute atomic E-state index is 0.188. The first kappa shape index (κ1) is 35.3. The molecule has 4 aromatic carbocycles. The van der Waals surface area contributed by atoms with Crippen molar-refractivity contribution >= 4 is 17.9 Å². The summed E-state index contributed by atoms with van der Waals surface area (Å²) in [5.41, 5.74) is 4.68.